The van der Waals surface area contributed by atoms with Crippen molar-refractivity contribution in [2.45, 2.75) is 106 Å². The Hall–Kier alpha value is -0.350. The SMILES string of the molecule is FC1CC(C2CCC(OC(F)(F)C3C(F)CC(Cl)CC3F)CC2)CCC1OC(F)(F)F. The lowest BCUT2D eigenvalue weighted by molar-refractivity contribution is -0.352. The van der Waals surface area contributed by atoms with Gasteiger partial charge in [0, 0.05) is 5.38 Å². The van der Waals surface area contributed by atoms with Gasteiger partial charge in [0.15, 0.2) is 0 Å². The quantitative estimate of drug-likeness (QED) is 0.311. The fourth-order valence-electron chi connectivity index (χ4n) is 5.35. The molecule has 5 unspecified atom stereocenters. The van der Waals surface area contributed by atoms with Crippen LogP contribution < -0.4 is 0 Å². The molecule has 3 fully saturated rings. The third-order valence-electron chi connectivity index (χ3n) is 6.88. The van der Waals surface area contributed by atoms with Crippen LogP contribution in [0.5, 0.6) is 0 Å². The Morgan fingerprint density at radius 1 is 0.645 bits per heavy atom. The van der Waals surface area contributed by atoms with Gasteiger partial charge in [0.2, 0.25) is 0 Å². The maximum absolute atomic E-state index is 14.5. The molecule has 0 saturated heterocycles. The number of halogens is 9. The van der Waals surface area contributed by atoms with E-state index in [9.17, 15) is 35.1 Å². The summed E-state index contributed by atoms with van der Waals surface area (Å²) in [6, 6.07) is 0. The Bertz CT molecular complexity index is 572. The van der Waals surface area contributed by atoms with Crippen LogP contribution in [-0.4, -0.2) is 48.6 Å². The first-order valence-corrected chi connectivity index (χ1v) is 11.2. The first-order valence-electron chi connectivity index (χ1n) is 10.7. The van der Waals surface area contributed by atoms with E-state index in [1.54, 1.807) is 0 Å². The average Bonchev–Trinajstić information content (AvgIpc) is 2.61. The van der Waals surface area contributed by atoms with Gasteiger partial charge in [-0.3, -0.25) is 4.74 Å². The van der Waals surface area contributed by atoms with Crippen LogP contribution in [0.2, 0.25) is 0 Å². The Kier molecular flexibility index (Phi) is 8.05. The highest BCUT2D eigenvalue weighted by Crippen LogP contribution is 2.46. The van der Waals surface area contributed by atoms with Gasteiger partial charge in [0.25, 0.3) is 0 Å². The van der Waals surface area contributed by atoms with Gasteiger partial charge >= 0.3 is 12.5 Å². The second-order valence-electron chi connectivity index (χ2n) is 9.03. The summed E-state index contributed by atoms with van der Waals surface area (Å²) in [4.78, 5) is 0. The van der Waals surface area contributed by atoms with E-state index in [0.717, 1.165) is 0 Å². The standard InChI is InChI=1S/C20H27ClF8O2/c21-12-8-15(23)18(16(24)9-12)19(25,26)30-13-4-1-10(2-5-13)11-3-6-17(14(22)7-11)31-20(27,28)29/h10-18H,1-9H2. The zero-order valence-electron chi connectivity index (χ0n) is 16.8. The van der Waals surface area contributed by atoms with E-state index in [1.165, 1.54) is 0 Å². The summed E-state index contributed by atoms with van der Waals surface area (Å²) < 4.78 is 117. The molecule has 0 spiro atoms. The van der Waals surface area contributed by atoms with Crippen LogP contribution in [0.3, 0.4) is 0 Å². The zero-order chi connectivity index (χ0) is 23.0. The van der Waals surface area contributed by atoms with Gasteiger partial charge in [-0.2, -0.15) is 8.78 Å². The number of ether oxygens (including phenoxy) is 2. The van der Waals surface area contributed by atoms with Crippen LogP contribution in [-0.2, 0) is 9.47 Å². The lowest BCUT2D eigenvalue weighted by atomic mass is 9.72. The van der Waals surface area contributed by atoms with Crippen molar-refractivity contribution in [1.82, 2.24) is 0 Å². The van der Waals surface area contributed by atoms with E-state index in [1.807, 2.05) is 0 Å². The summed E-state index contributed by atoms with van der Waals surface area (Å²) in [5.74, 6) is -2.38. The van der Waals surface area contributed by atoms with E-state index in [-0.39, 0.29) is 50.4 Å². The molecule has 3 aliphatic carbocycles. The Morgan fingerprint density at radius 2 is 1.19 bits per heavy atom. The summed E-state index contributed by atoms with van der Waals surface area (Å²) in [6.45, 7) is 0. The predicted molar refractivity (Wildman–Crippen MR) is 97.1 cm³/mol. The lowest BCUT2D eigenvalue weighted by Crippen LogP contribution is -2.50. The van der Waals surface area contributed by atoms with E-state index < -0.39 is 54.5 Å². The van der Waals surface area contributed by atoms with Crippen LogP contribution in [0.4, 0.5) is 35.1 Å². The molecule has 31 heavy (non-hydrogen) atoms. The summed E-state index contributed by atoms with van der Waals surface area (Å²) in [7, 11) is 0. The third kappa shape index (κ3) is 6.59. The molecular weight excluding hydrogens is 460 g/mol. The number of hydrogen-bond donors (Lipinski definition) is 0. The lowest BCUT2D eigenvalue weighted by Gasteiger charge is -2.41. The van der Waals surface area contributed by atoms with Gasteiger partial charge in [-0.25, -0.2) is 13.2 Å². The maximum Gasteiger partial charge on any atom is 0.522 e. The molecule has 2 nitrogen and oxygen atoms in total. The van der Waals surface area contributed by atoms with Crippen molar-refractivity contribution < 1.29 is 44.6 Å². The van der Waals surface area contributed by atoms with Crippen molar-refractivity contribution in [3.05, 3.63) is 0 Å². The minimum Gasteiger partial charge on any atom is -0.317 e. The highest BCUT2D eigenvalue weighted by Gasteiger charge is 2.55. The summed E-state index contributed by atoms with van der Waals surface area (Å²) in [5, 5.41) is -0.830. The van der Waals surface area contributed by atoms with Gasteiger partial charge in [0.1, 0.15) is 24.4 Å². The molecule has 0 N–H and O–H groups in total. The molecule has 0 heterocycles. The van der Waals surface area contributed by atoms with E-state index >= 15 is 0 Å². The monoisotopic (exact) mass is 486 g/mol. The molecule has 0 aromatic rings. The van der Waals surface area contributed by atoms with Crippen molar-refractivity contribution in [3.63, 3.8) is 0 Å². The van der Waals surface area contributed by atoms with Gasteiger partial charge < -0.3 is 4.74 Å². The average molecular weight is 487 g/mol. The van der Waals surface area contributed by atoms with Crippen molar-refractivity contribution in [3.8, 4) is 0 Å². The normalized spacial score (nSPS) is 43.1. The van der Waals surface area contributed by atoms with Gasteiger partial charge in [-0.05, 0) is 69.6 Å². The first kappa shape index (κ1) is 25.3. The van der Waals surface area contributed by atoms with E-state index in [4.69, 9.17) is 16.3 Å². The number of rotatable bonds is 5. The van der Waals surface area contributed by atoms with E-state index in [2.05, 4.69) is 4.74 Å². The molecule has 3 rings (SSSR count). The largest absolute Gasteiger partial charge is 0.522 e. The molecule has 0 aliphatic heterocycles. The summed E-state index contributed by atoms with van der Waals surface area (Å²) >= 11 is 5.70. The predicted octanol–water partition coefficient (Wildman–Crippen LogP) is 6.89. The second-order valence-corrected chi connectivity index (χ2v) is 9.65. The van der Waals surface area contributed by atoms with Crippen LogP contribution >= 0.6 is 11.6 Å². The number of hydrogen-bond acceptors (Lipinski definition) is 2. The highest BCUT2D eigenvalue weighted by molar-refractivity contribution is 6.20. The minimum atomic E-state index is -4.89. The van der Waals surface area contributed by atoms with Crippen LogP contribution in [0.1, 0.15) is 57.8 Å². The van der Waals surface area contributed by atoms with Gasteiger partial charge in [-0.1, -0.05) is 0 Å². The minimum absolute atomic E-state index is 0.0203. The molecular formula is C20H27ClF8O2. The maximum atomic E-state index is 14.5. The molecule has 3 aliphatic rings. The van der Waals surface area contributed by atoms with Crippen LogP contribution in [0.15, 0.2) is 0 Å². The van der Waals surface area contributed by atoms with E-state index in [0.29, 0.717) is 19.3 Å². The molecule has 182 valence electrons. The molecule has 0 radical (unpaired) electrons. The third-order valence-corrected chi connectivity index (χ3v) is 7.23. The summed E-state index contributed by atoms with van der Waals surface area (Å²) in [5.41, 5.74) is 0. The fraction of sp³-hybridized carbons (Fsp3) is 1.00. The molecule has 5 atom stereocenters. The highest BCUT2D eigenvalue weighted by atomic mass is 35.5. The first-order chi connectivity index (χ1) is 14.4. The molecule has 3 saturated carbocycles. The van der Waals surface area contributed by atoms with Gasteiger partial charge in [0.05, 0.1) is 12.2 Å². The summed E-state index contributed by atoms with van der Waals surface area (Å²) in [6.07, 6.45) is -16.4. The second kappa shape index (κ2) is 9.87. The number of alkyl halides is 9. The molecule has 0 amide bonds. The van der Waals surface area contributed by atoms with Crippen molar-refractivity contribution in [2.75, 3.05) is 0 Å². The van der Waals surface area contributed by atoms with Crippen molar-refractivity contribution >= 4 is 11.6 Å². The molecule has 11 heteroatoms. The zero-order valence-corrected chi connectivity index (χ0v) is 17.5. The molecule has 0 aromatic carbocycles. The van der Waals surface area contributed by atoms with Crippen molar-refractivity contribution in [1.29, 1.82) is 0 Å². The Balaban J connectivity index is 1.48. The Morgan fingerprint density at radius 3 is 1.71 bits per heavy atom. The van der Waals surface area contributed by atoms with Crippen LogP contribution in [0, 0.1) is 17.8 Å². The van der Waals surface area contributed by atoms with Gasteiger partial charge in [-0.15, -0.1) is 24.8 Å². The fourth-order valence-corrected chi connectivity index (χ4v) is 5.70. The molecule has 0 bridgehead atoms. The topological polar surface area (TPSA) is 18.5 Å². The van der Waals surface area contributed by atoms with Crippen LogP contribution in [0.25, 0.3) is 0 Å². The Labute approximate surface area is 181 Å². The molecule has 0 aromatic heterocycles. The smallest absolute Gasteiger partial charge is 0.317 e. The van der Waals surface area contributed by atoms with Crippen molar-refractivity contribution in [2.24, 2.45) is 17.8 Å².